The molecular formula is C52H32N2. The molecule has 0 atom stereocenters. The Kier molecular flexibility index (Phi) is 6.09. The summed E-state index contributed by atoms with van der Waals surface area (Å²) in [6, 6.07) is 71.6. The van der Waals surface area contributed by atoms with Crippen molar-refractivity contribution in [1.29, 1.82) is 0 Å². The van der Waals surface area contributed by atoms with Gasteiger partial charge in [-0.25, -0.2) is 0 Å². The Hall–Kier alpha value is -7.16. The number of hydrogen-bond donors (Lipinski definition) is 0. The van der Waals surface area contributed by atoms with Gasteiger partial charge in [0.25, 0.3) is 0 Å². The van der Waals surface area contributed by atoms with E-state index in [1.807, 2.05) is 0 Å². The molecule has 2 heterocycles. The first-order chi connectivity index (χ1) is 26.8. The zero-order valence-electron chi connectivity index (χ0n) is 29.4. The normalized spacial score (nSPS) is 12.1. The lowest BCUT2D eigenvalue weighted by Gasteiger charge is -2.12. The molecule has 12 aromatic rings. The Labute approximate surface area is 311 Å². The molecule has 0 fully saturated rings. The predicted octanol–water partition coefficient (Wildman–Crippen LogP) is 14.2. The summed E-state index contributed by atoms with van der Waals surface area (Å²) in [5.41, 5.74) is 9.72. The van der Waals surface area contributed by atoms with E-state index < -0.39 is 0 Å². The third kappa shape index (κ3) is 4.17. The maximum atomic E-state index is 2.45. The molecule has 54 heavy (non-hydrogen) atoms. The van der Waals surface area contributed by atoms with Crippen molar-refractivity contribution in [1.82, 2.24) is 9.13 Å². The molecule has 0 aliphatic rings. The van der Waals surface area contributed by atoms with Crippen molar-refractivity contribution in [3.63, 3.8) is 0 Å². The Morgan fingerprint density at radius 1 is 0.259 bits per heavy atom. The monoisotopic (exact) mass is 684 g/mol. The van der Waals surface area contributed by atoms with E-state index in [4.69, 9.17) is 0 Å². The average Bonchev–Trinajstić information content (AvgIpc) is 3.76. The van der Waals surface area contributed by atoms with Gasteiger partial charge in [-0.05, 0) is 103 Å². The van der Waals surface area contributed by atoms with E-state index in [2.05, 4.69) is 203 Å². The summed E-state index contributed by atoms with van der Waals surface area (Å²) < 4.78 is 4.88. The van der Waals surface area contributed by atoms with Crippen LogP contribution in [0.4, 0.5) is 0 Å². The minimum atomic E-state index is 1.18. The summed E-state index contributed by atoms with van der Waals surface area (Å²) in [4.78, 5) is 0. The molecule has 12 rings (SSSR count). The largest absolute Gasteiger partial charge is 0.309 e. The first kappa shape index (κ1) is 29.4. The summed E-state index contributed by atoms with van der Waals surface area (Å²) in [5, 5.41) is 15.2. The smallest absolute Gasteiger partial charge is 0.0547 e. The van der Waals surface area contributed by atoms with E-state index in [1.54, 1.807) is 0 Å². The van der Waals surface area contributed by atoms with Crippen LogP contribution in [0.2, 0.25) is 0 Å². The third-order valence-corrected chi connectivity index (χ3v) is 11.6. The van der Waals surface area contributed by atoms with Crippen LogP contribution in [0, 0.1) is 0 Å². The highest BCUT2D eigenvalue weighted by molar-refractivity contribution is 6.23. The van der Waals surface area contributed by atoms with Crippen molar-refractivity contribution in [2.24, 2.45) is 0 Å². The standard InChI is InChI=1S/C52H32N2/c1-2-12-36-31-40(26-22-33(36)10-1)53-47-17-7-5-15-43(47)52-45-32-38(21-20-35(45)24-28-49(52)53)37-23-27-42-39(30-37)25-29-50-51(42)44-16-6-8-18-48(44)54(50)46-19-9-13-34-11-3-4-14-41(34)46/h1-32H. The lowest BCUT2D eigenvalue weighted by Crippen LogP contribution is -1.95. The van der Waals surface area contributed by atoms with E-state index >= 15 is 0 Å². The van der Waals surface area contributed by atoms with Gasteiger partial charge in [0.1, 0.15) is 0 Å². The minimum Gasteiger partial charge on any atom is -0.309 e. The maximum Gasteiger partial charge on any atom is 0.0547 e. The molecule has 0 aliphatic carbocycles. The molecule has 2 heteroatoms. The summed E-state index contributed by atoms with van der Waals surface area (Å²) in [5.74, 6) is 0. The van der Waals surface area contributed by atoms with Crippen LogP contribution in [-0.4, -0.2) is 9.13 Å². The zero-order valence-corrected chi connectivity index (χ0v) is 29.4. The fourth-order valence-electron chi connectivity index (χ4n) is 9.20. The molecular weight excluding hydrogens is 653 g/mol. The van der Waals surface area contributed by atoms with Gasteiger partial charge in [-0.2, -0.15) is 0 Å². The number of nitrogens with zero attached hydrogens (tertiary/aromatic N) is 2. The fourth-order valence-corrected chi connectivity index (χ4v) is 9.20. The number of aromatic nitrogens is 2. The Morgan fingerprint density at radius 3 is 1.65 bits per heavy atom. The van der Waals surface area contributed by atoms with Gasteiger partial charge in [0, 0.05) is 32.6 Å². The van der Waals surface area contributed by atoms with Crippen LogP contribution in [0.25, 0.3) is 109 Å². The van der Waals surface area contributed by atoms with Crippen LogP contribution in [-0.2, 0) is 0 Å². The van der Waals surface area contributed by atoms with Gasteiger partial charge in [0.05, 0.1) is 27.8 Å². The first-order valence-corrected chi connectivity index (χ1v) is 18.7. The molecule has 0 radical (unpaired) electrons. The molecule has 0 amide bonds. The highest BCUT2D eigenvalue weighted by atomic mass is 15.0. The SMILES string of the molecule is c1ccc2cc(-n3c4ccccc4c4c5cc(-c6ccc7c(ccc8c7c7ccccc7n8-c7cccc8ccccc78)c6)ccc5ccc43)ccc2c1. The van der Waals surface area contributed by atoms with Crippen LogP contribution >= 0.6 is 0 Å². The van der Waals surface area contributed by atoms with E-state index in [9.17, 15) is 0 Å². The predicted molar refractivity (Wildman–Crippen MR) is 231 cm³/mol. The summed E-state index contributed by atoms with van der Waals surface area (Å²) in [6.07, 6.45) is 0. The third-order valence-electron chi connectivity index (χ3n) is 11.6. The molecule has 250 valence electrons. The van der Waals surface area contributed by atoms with Gasteiger partial charge in [-0.15, -0.1) is 0 Å². The van der Waals surface area contributed by atoms with Gasteiger partial charge in [-0.1, -0.05) is 140 Å². The molecule has 0 N–H and O–H groups in total. The molecule has 0 aliphatic heterocycles. The Bertz CT molecular complexity index is 3500. The van der Waals surface area contributed by atoms with Gasteiger partial charge < -0.3 is 9.13 Å². The van der Waals surface area contributed by atoms with Crippen LogP contribution < -0.4 is 0 Å². The van der Waals surface area contributed by atoms with E-state index in [1.165, 1.54) is 109 Å². The second-order valence-electron chi connectivity index (χ2n) is 14.5. The highest BCUT2D eigenvalue weighted by Crippen LogP contribution is 2.42. The van der Waals surface area contributed by atoms with E-state index in [0.717, 1.165) is 0 Å². The Morgan fingerprint density at radius 2 is 0.815 bits per heavy atom. The Balaban J connectivity index is 1.05. The lowest BCUT2D eigenvalue weighted by molar-refractivity contribution is 1.19. The molecule has 0 bridgehead atoms. The number of fused-ring (bicyclic) bond motifs is 12. The lowest BCUT2D eigenvalue weighted by atomic mass is 9.95. The second-order valence-corrected chi connectivity index (χ2v) is 14.5. The quantitative estimate of drug-likeness (QED) is 0.175. The van der Waals surface area contributed by atoms with Gasteiger partial charge >= 0.3 is 0 Å². The minimum absolute atomic E-state index is 1.18. The fraction of sp³-hybridized carbons (Fsp3) is 0. The van der Waals surface area contributed by atoms with Gasteiger partial charge in [0.15, 0.2) is 0 Å². The average molecular weight is 685 g/mol. The molecule has 0 unspecified atom stereocenters. The second kappa shape index (κ2) is 11.2. The molecule has 0 saturated carbocycles. The van der Waals surface area contributed by atoms with Crippen molar-refractivity contribution in [2.75, 3.05) is 0 Å². The summed E-state index contributed by atoms with van der Waals surface area (Å²) >= 11 is 0. The molecule has 2 nitrogen and oxygen atoms in total. The molecule has 0 spiro atoms. The number of rotatable bonds is 3. The van der Waals surface area contributed by atoms with Crippen LogP contribution in [0.5, 0.6) is 0 Å². The van der Waals surface area contributed by atoms with Crippen LogP contribution in [0.3, 0.4) is 0 Å². The molecule has 10 aromatic carbocycles. The first-order valence-electron chi connectivity index (χ1n) is 18.7. The van der Waals surface area contributed by atoms with Gasteiger partial charge in [-0.3, -0.25) is 0 Å². The zero-order chi connectivity index (χ0) is 35.3. The summed E-state index contributed by atoms with van der Waals surface area (Å²) in [7, 11) is 0. The van der Waals surface area contributed by atoms with Crippen molar-refractivity contribution < 1.29 is 0 Å². The van der Waals surface area contributed by atoms with Crippen LogP contribution in [0.1, 0.15) is 0 Å². The number of benzene rings is 10. The number of para-hydroxylation sites is 2. The maximum absolute atomic E-state index is 2.45. The van der Waals surface area contributed by atoms with E-state index in [-0.39, 0.29) is 0 Å². The van der Waals surface area contributed by atoms with Gasteiger partial charge in [0.2, 0.25) is 0 Å². The topological polar surface area (TPSA) is 9.86 Å². The van der Waals surface area contributed by atoms with Crippen molar-refractivity contribution in [3.05, 3.63) is 194 Å². The van der Waals surface area contributed by atoms with E-state index in [0.29, 0.717) is 0 Å². The number of hydrogen-bond acceptors (Lipinski definition) is 0. The van der Waals surface area contributed by atoms with Crippen molar-refractivity contribution in [3.8, 4) is 22.5 Å². The van der Waals surface area contributed by atoms with Crippen molar-refractivity contribution in [2.45, 2.75) is 0 Å². The molecule has 0 saturated heterocycles. The van der Waals surface area contributed by atoms with Crippen LogP contribution in [0.15, 0.2) is 194 Å². The molecule has 2 aromatic heterocycles. The highest BCUT2D eigenvalue weighted by Gasteiger charge is 2.18. The summed E-state index contributed by atoms with van der Waals surface area (Å²) in [6.45, 7) is 0. The van der Waals surface area contributed by atoms with Crippen molar-refractivity contribution >= 4 is 86.7 Å².